The van der Waals surface area contributed by atoms with E-state index in [9.17, 15) is 9.90 Å². The quantitative estimate of drug-likeness (QED) is 0.287. The molecule has 23 heavy (non-hydrogen) atoms. The Hall–Kier alpha value is -0.530. The molecule has 1 N–H and O–H groups in total. The Morgan fingerprint density at radius 3 is 1.43 bits per heavy atom. The van der Waals surface area contributed by atoms with Crippen molar-refractivity contribution in [2.24, 2.45) is 11.8 Å². The number of aliphatic carboxylic acids is 1. The Bertz CT molecular complexity index is 247. The molecule has 0 aromatic heterocycles. The molecule has 2 nitrogen and oxygen atoms in total. The van der Waals surface area contributed by atoms with Crippen LogP contribution in [0, 0.1) is 11.8 Å². The van der Waals surface area contributed by atoms with Gasteiger partial charge in [0.05, 0.1) is 5.92 Å². The molecular formula is C21H42O2. The summed E-state index contributed by atoms with van der Waals surface area (Å²) in [6.45, 7) is 6.53. The molecular weight excluding hydrogens is 284 g/mol. The third kappa shape index (κ3) is 12.5. The predicted molar refractivity (Wildman–Crippen MR) is 101 cm³/mol. The van der Waals surface area contributed by atoms with Crippen LogP contribution in [-0.2, 0) is 4.79 Å². The Morgan fingerprint density at radius 1 is 0.696 bits per heavy atom. The van der Waals surface area contributed by atoms with E-state index in [0.29, 0.717) is 5.92 Å². The Balaban J connectivity index is 4.06. The molecule has 0 amide bonds. The number of hydrogen-bond donors (Lipinski definition) is 1. The minimum absolute atomic E-state index is 0.124. The van der Waals surface area contributed by atoms with Crippen molar-refractivity contribution >= 4 is 5.97 Å². The highest BCUT2D eigenvalue weighted by atomic mass is 16.4. The molecule has 0 saturated carbocycles. The first-order valence-electron chi connectivity index (χ1n) is 10.4. The van der Waals surface area contributed by atoms with Crippen LogP contribution in [0.25, 0.3) is 0 Å². The van der Waals surface area contributed by atoms with E-state index in [1.165, 1.54) is 77.0 Å². The van der Waals surface area contributed by atoms with E-state index in [2.05, 4.69) is 13.8 Å². The summed E-state index contributed by atoms with van der Waals surface area (Å²) in [6, 6.07) is 0. The second-order valence-electron chi connectivity index (χ2n) is 7.23. The number of carboxylic acid groups (broad SMARTS) is 1. The molecule has 0 aliphatic heterocycles. The van der Waals surface area contributed by atoms with Gasteiger partial charge in [-0.15, -0.1) is 0 Å². The molecule has 138 valence electrons. The molecule has 2 heteroatoms. The molecule has 1 atom stereocenters. The molecule has 0 spiro atoms. The second kappa shape index (κ2) is 16.3. The van der Waals surface area contributed by atoms with E-state index in [0.717, 1.165) is 19.3 Å². The maximum atomic E-state index is 11.5. The van der Waals surface area contributed by atoms with Crippen LogP contribution in [0.5, 0.6) is 0 Å². The van der Waals surface area contributed by atoms with Crippen LogP contribution in [0.4, 0.5) is 0 Å². The van der Waals surface area contributed by atoms with E-state index >= 15 is 0 Å². The van der Waals surface area contributed by atoms with Gasteiger partial charge in [0.2, 0.25) is 0 Å². The number of carboxylic acids is 1. The lowest BCUT2D eigenvalue weighted by Gasteiger charge is -2.23. The average molecular weight is 327 g/mol. The maximum Gasteiger partial charge on any atom is 0.306 e. The van der Waals surface area contributed by atoms with E-state index in [-0.39, 0.29) is 5.92 Å². The minimum Gasteiger partial charge on any atom is -0.481 e. The van der Waals surface area contributed by atoms with Gasteiger partial charge in [-0.1, -0.05) is 97.8 Å². The molecule has 0 saturated heterocycles. The van der Waals surface area contributed by atoms with Gasteiger partial charge in [-0.25, -0.2) is 0 Å². The maximum absolute atomic E-state index is 11.5. The summed E-state index contributed by atoms with van der Waals surface area (Å²) in [4.78, 5) is 11.5. The highest BCUT2D eigenvalue weighted by Gasteiger charge is 2.25. The fourth-order valence-corrected chi connectivity index (χ4v) is 3.63. The zero-order chi connectivity index (χ0) is 17.3. The summed E-state index contributed by atoms with van der Waals surface area (Å²) in [5.74, 6) is -0.300. The average Bonchev–Trinajstić information content (AvgIpc) is 2.53. The normalized spacial score (nSPS) is 12.7. The van der Waals surface area contributed by atoms with Gasteiger partial charge in [0.15, 0.2) is 0 Å². The van der Waals surface area contributed by atoms with Crippen molar-refractivity contribution in [1.29, 1.82) is 0 Å². The SMILES string of the molecule is CCCCCCCCC(CCCCCCCC)C(CC)C(=O)O. The lowest BCUT2D eigenvalue weighted by molar-refractivity contribution is -0.144. The highest BCUT2D eigenvalue weighted by molar-refractivity contribution is 5.70. The first-order chi connectivity index (χ1) is 11.2. The van der Waals surface area contributed by atoms with Crippen molar-refractivity contribution in [2.75, 3.05) is 0 Å². The number of unbranched alkanes of at least 4 members (excludes halogenated alkanes) is 10. The van der Waals surface area contributed by atoms with E-state index < -0.39 is 5.97 Å². The number of rotatable bonds is 17. The zero-order valence-corrected chi connectivity index (χ0v) is 16.1. The van der Waals surface area contributed by atoms with Gasteiger partial charge in [0, 0.05) is 0 Å². The molecule has 0 bridgehead atoms. The van der Waals surface area contributed by atoms with E-state index in [4.69, 9.17) is 0 Å². The van der Waals surface area contributed by atoms with Gasteiger partial charge in [-0.3, -0.25) is 4.79 Å². The Morgan fingerprint density at radius 2 is 1.09 bits per heavy atom. The predicted octanol–water partition coefficient (Wildman–Crippen LogP) is 7.21. The summed E-state index contributed by atoms with van der Waals surface area (Å²) in [7, 11) is 0. The number of carbonyl (C=O) groups is 1. The van der Waals surface area contributed by atoms with Crippen molar-refractivity contribution in [2.45, 2.75) is 117 Å². The van der Waals surface area contributed by atoms with E-state index in [1.807, 2.05) is 6.92 Å². The van der Waals surface area contributed by atoms with Crippen molar-refractivity contribution in [3.8, 4) is 0 Å². The molecule has 0 aliphatic rings. The molecule has 0 rings (SSSR count). The molecule has 0 radical (unpaired) electrons. The summed E-state index contributed by atoms with van der Waals surface area (Å²) < 4.78 is 0. The zero-order valence-electron chi connectivity index (χ0n) is 16.1. The molecule has 0 heterocycles. The fraction of sp³-hybridized carbons (Fsp3) is 0.952. The fourth-order valence-electron chi connectivity index (χ4n) is 3.63. The summed E-state index contributed by atoms with van der Waals surface area (Å²) in [5.41, 5.74) is 0. The standard InChI is InChI=1S/C21H42O2/c1-4-7-9-11-13-15-17-19(20(6-3)21(22)23)18-16-14-12-10-8-5-2/h19-20H,4-18H2,1-3H3,(H,22,23). The van der Waals surface area contributed by atoms with E-state index in [1.54, 1.807) is 0 Å². The van der Waals surface area contributed by atoms with Gasteiger partial charge in [-0.2, -0.15) is 0 Å². The molecule has 1 unspecified atom stereocenters. The lowest BCUT2D eigenvalue weighted by Crippen LogP contribution is -2.23. The van der Waals surface area contributed by atoms with Crippen LogP contribution in [0.15, 0.2) is 0 Å². The topological polar surface area (TPSA) is 37.3 Å². The van der Waals surface area contributed by atoms with Crippen molar-refractivity contribution in [3.05, 3.63) is 0 Å². The van der Waals surface area contributed by atoms with Gasteiger partial charge >= 0.3 is 5.97 Å². The van der Waals surface area contributed by atoms with Gasteiger partial charge in [-0.05, 0) is 25.2 Å². The van der Waals surface area contributed by atoms with Crippen LogP contribution in [0.2, 0.25) is 0 Å². The van der Waals surface area contributed by atoms with Crippen molar-refractivity contribution in [1.82, 2.24) is 0 Å². The smallest absolute Gasteiger partial charge is 0.306 e. The summed E-state index contributed by atoms with van der Waals surface area (Å²) in [6.07, 6.45) is 18.6. The molecule has 0 aromatic rings. The third-order valence-electron chi connectivity index (χ3n) is 5.18. The van der Waals surface area contributed by atoms with Crippen LogP contribution in [0.1, 0.15) is 117 Å². The van der Waals surface area contributed by atoms with Crippen LogP contribution in [-0.4, -0.2) is 11.1 Å². The monoisotopic (exact) mass is 326 g/mol. The highest BCUT2D eigenvalue weighted by Crippen LogP contribution is 2.28. The third-order valence-corrected chi connectivity index (χ3v) is 5.18. The summed E-state index contributed by atoms with van der Waals surface area (Å²) in [5, 5.41) is 9.49. The first-order valence-corrected chi connectivity index (χ1v) is 10.4. The van der Waals surface area contributed by atoms with Crippen LogP contribution < -0.4 is 0 Å². The second-order valence-corrected chi connectivity index (χ2v) is 7.23. The summed E-state index contributed by atoms with van der Waals surface area (Å²) >= 11 is 0. The van der Waals surface area contributed by atoms with Crippen LogP contribution >= 0.6 is 0 Å². The van der Waals surface area contributed by atoms with Crippen molar-refractivity contribution in [3.63, 3.8) is 0 Å². The van der Waals surface area contributed by atoms with Gasteiger partial charge < -0.3 is 5.11 Å². The minimum atomic E-state index is -0.575. The Labute approximate surface area is 145 Å². The first kappa shape index (κ1) is 22.5. The lowest BCUT2D eigenvalue weighted by atomic mass is 9.82. The molecule has 0 aliphatic carbocycles. The van der Waals surface area contributed by atoms with Gasteiger partial charge in [0.25, 0.3) is 0 Å². The molecule has 0 aromatic carbocycles. The largest absolute Gasteiger partial charge is 0.481 e. The Kier molecular flexibility index (Phi) is 16.0. The number of hydrogen-bond acceptors (Lipinski definition) is 1. The van der Waals surface area contributed by atoms with Gasteiger partial charge in [0.1, 0.15) is 0 Å². The molecule has 0 fully saturated rings. The van der Waals surface area contributed by atoms with Crippen LogP contribution in [0.3, 0.4) is 0 Å². The van der Waals surface area contributed by atoms with Crippen molar-refractivity contribution < 1.29 is 9.90 Å².